The van der Waals surface area contributed by atoms with Gasteiger partial charge in [0.2, 0.25) is 0 Å². The van der Waals surface area contributed by atoms with Crippen LogP contribution in [0.4, 0.5) is 4.79 Å². The molecule has 1 heterocycles. The van der Waals surface area contributed by atoms with Crippen LogP contribution < -0.4 is 0 Å². The van der Waals surface area contributed by atoms with Crippen LogP contribution in [0.3, 0.4) is 0 Å². The molecule has 3 nitrogen and oxygen atoms in total. The molecular formula is C15H15IO3. The molecule has 0 aromatic heterocycles. The summed E-state index contributed by atoms with van der Waals surface area (Å²) in [5, 5.41) is 0. The third-order valence-corrected chi connectivity index (χ3v) is 5.11. The van der Waals surface area contributed by atoms with Crippen molar-refractivity contribution in [2.75, 3.05) is 6.61 Å². The highest BCUT2D eigenvalue weighted by Crippen LogP contribution is 2.48. The molecule has 1 fully saturated rings. The molecule has 1 aliphatic carbocycles. The first-order chi connectivity index (χ1) is 9.10. The van der Waals surface area contributed by atoms with Crippen LogP contribution in [0.2, 0.25) is 0 Å². The summed E-state index contributed by atoms with van der Waals surface area (Å²) in [4.78, 5) is 11.4. The van der Waals surface area contributed by atoms with Crippen LogP contribution in [0.1, 0.15) is 25.3 Å². The molecule has 2 atom stereocenters. The quantitative estimate of drug-likeness (QED) is 0.550. The Balaban J connectivity index is 2.04. The lowest BCUT2D eigenvalue weighted by Crippen LogP contribution is -2.49. The first-order valence-corrected chi connectivity index (χ1v) is 7.48. The molecule has 0 saturated carbocycles. The smallest absolute Gasteiger partial charge is 0.433 e. The van der Waals surface area contributed by atoms with Crippen molar-refractivity contribution in [2.24, 2.45) is 5.92 Å². The summed E-state index contributed by atoms with van der Waals surface area (Å²) in [5.74, 6) is 0.119. The van der Waals surface area contributed by atoms with E-state index < -0.39 is 11.8 Å². The molecule has 0 bridgehead atoms. The predicted octanol–water partition coefficient (Wildman–Crippen LogP) is 4.17. The van der Waals surface area contributed by atoms with Gasteiger partial charge in [-0.2, -0.15) is 0 Å². The van der Waals surface area contributed by atoms with E-state index >= 15 is 0 Å². The number of halogens is 1. The van der Waals surface area contributed by atoms with Crippen LogP contribution in [-0.2, 0) is 9.47 Å². The molecule has 19 heavy (non-hydrogen) atoms. The molecule has 100 valence electrons. The SMILES string of the molecule is C[C@@]12CCC(I)=C(c3ccccc3)[C@H]1COC(=O)O2. The first kappa shape index (κ1) is 13.0. The number of allylic oxidation sites excluding steroid dienone is 1. The van der Waals surface area contributed by atoms with Crippen molar-refractivity contribution in [2.45, 2.75) is 25.4 Å². The number of hydrogen-bond acceptors (Lipinski definition) is 3. The maximum atomic E-state index is 11.4. The second kappa shape index (κ2) is 4.81. The molecule has 0 amide bonds. The summed E-state index contributed by atoms with van der Waals surface area (Å²) in [5.41, 5.74) is 2.03. The average molecular weight is 370 g/mol. The highest BCUT2D eigenvalue weighted by molar-refractivity contribution is 14.1. The summed E-state index contributed by atoms with van der Waals surface area (Å²) in [7, 11) is 0. The van der Waals surface area contributed by atoms with Crippen LogP contribution in [0.25, 0.3) is 5.57 Å². The van der Waals surface area contributed by atoms with Gasteiger partial charge in [-0.05, 0) is 57.1 Å². The molecule has 0 N–H and O–H groups in total. The number of cyclic esters (lactones) is 1. The first-order valence-electron chi connectivity index (χ1n) is 6.40. The minimum Gasteiger partial charge on any atom is -0.433 e. The van der Waals surface area contributed by atoms with E-state index in [9.17, 15) is 4.79 Å². The van der Waals surface area contributed by atoms with E-state index in [1.807, 2.05) is 25.1 Å². The van der Waals surface area contributed by atoms with Crippen molar-refractivity contribution < 1.29 is 14.3 Å². The highest BCUT2D eigenvalue weighted by Gasteiger charge is 2.48. The van der Waals surface area contributed by atoms with E-state index in [-0.39, 0.29) is 5.92 Å². The van der Waals surface area contributed by atoms with Gasteiger partial charge in [0.1, 0.15) is 12.2 Å². The van der Waals surface area contributed by atoms with E-state index in [2.05, 4.69) is 34.7 Å². The van der Waals surface area contributed by atoms with Crippen LogP contribution in [0.15, 0.2) is 33.9 Å². The van der Waals surface area contributed by atoms with Crippen LogP contribution in [0, 0.1) is 5.92 Å². The summed E-state index contributed by atoms with van der Waals surface area (Å²) >= 11 is 2.41. The number of rotatable bonds is 1. The van der Waals surface area contributed by atoms with E-state index in [0.717, 1.165) is 12.8 Å². The van der Waals surface area contributed by atoms with Crippen molar-refractivity contribution in [1.29, 1.82) is 0 Å². The van der Waals surface area contributed by atoms with Crippen molar-refractivity contribution >= 4 is 34.3 Å². The largest absolute Gasteiger partial charge is 0.508 e. The number of fused-ring (bicyclic) bond motifs is 1. The topological polar surface area (TPSA) is 35.5 Å². The highest BCUT2D eigenvalue weighted by atomic mass is 127. The minimum absolute atomic E-state index is 0.119. The fourth-order valence-electron chi connectivity index (χ4n) is 2.89. The monoisotopic (exact) mass is 370 g/mol. The van der Waals surface area contributed by atoms with E-state index in [1.54, 1.807) is 0 Å². The normalized spacial score (nSPS) is 30.4. The maximum Gasteiger partial charge on any atom is 0.508 e. The Labute approximate surface area is 126 Å². The van der Waals surface area contributed by atoms with Gasteiger partial charge in [-0.1, -0.05) is 30.3 Å². The van der Waals surface area contributed by atoms with Crippen molar-refractivity contribution in [1.82, 2.24) is 0 Å². The summed E-state index contributed by atoms with van der Waals surface area (Å²) in [6.45, 7) is 2.43. The lowest BCUT2D eigenvalue weighted by molar-refractivity contribution is -0.104. The molecule has 0 radical (unpaired) electrons. The second-order valence-electron chi connectivity index (χ2n) is 5.21. The van der Waals surface area contributed by atoms with Crippen LogP contribution >= 0.6 is 22.6 Å². The molecule has 0 unspecified atom stereocenters. The van der Waals surface area contributed by atoms with E-state index in [4.69, 9.17) is 9.47 Å². The van der Waals surface area contributed by atoms with Gasteiger partial charge in [-0.3, -0.25) is 0 Å². The standard InChI is InChI=1S/C15H15IO3/c1-15-8-7-12(16)13(10-5-3-2-4-6-10)11(15)9-18-14(17)19-15/h2-6,11H,7-9H2,1H3/t11-,15-/m1/s1. The zero-order valence-corrected chi connectivity index (χ0v) is 12.8. The van der Waals surface area contributed by atoms with Crippen LogP contribution in [-0.4, -0.2) is 18.4 Å². The van der Waals surface area contributed by atoms with Gasteiger partial charge in [0, 0.05) is 0 Å². The third-order valence-electron chi connectivity index (χ3n) is 3.99. The zero-order valence-electron chi connectivity index (χ0n) is 10.7. The predicted molar refractivity (Wildman–Crippen MR) is 80.9 cm³/mol. The van der Waals surface area contributed by atoms with Gasteiger partial charge in [0.15, 0.2) is 0 Å². The molecular weight excluding hydrogens is 355 g/mol. The Morgan fingerprint density at radius 1 is 1.32 bits per heavy atom. The van der Waals surface area contributed by atoms with Gasteiger partial charge in [0.25, 0.3) is 0 Å². The maximum absolute atomic E-state index is 11.4. The summed E-state index contributed by atoms with van der Waals surface area (Å²) < 4.78 is 11.9. The molecule has 0 spiro atoms. The van der Waals surface area contributed by atoms with Gasteiger partial charge in [-0.25, -0.2) is 4.79 Å². The Hall–Kier alpha value is -1.04. The van der Waals surface area contributed by atoms with Crippen molar-refractivity contribution in [3.8, 4) is 0 Å². The Kier molecular flexibility index (Phi) is 3.28. The van der Waals surface area contributed by atoms with Crippen LogP contribution in [0.5, 0.6) is 0 Å². The van der Waals surface area contributed by atoms with Gasteiger partial charge in [0.05, 0.1) is 5.92 Å². The Morgan fingerprint density at radius 3 is 2.79 bits per heavy atom. The van der Waals surface area contributed by atoms with E-state index in [0.29, 0.717) is 6.61 Å². The average Bonchev–Trinajstić information content (AvgIpc) is 2.40. The Bertz CT molecular complexity index is 538. The molecule has 1 aromatic carbocycles. The molecule has 1 aliphatic heterocycles. The lowest BCUT2D eigenvalue weighted by Gasteiger charge is -2.44. The molecule has 1 saturated heterocycles. The Morgan fingerprint density at radius 2 is 2.05 bits per heavy atom. The molecule has 2 aliphatic rings. The molecule has 3 rings (SSSR count). The number of carbonyl (C=O) groups excluding carboxylic acids is 1. The van der Waals surface area contributed by atoms with Gasteiger partial charge < -0.3 is 9.47 Å². The molecule has 1 aromatic rings. The third kappa shape index (κ3) is 2.26. The number of carbonyl (C=O) groups is 1. The summed E-state index contributed by atoms with van der Waals surface area (Å²) in [6, 6.07) is 10.3. The minimum atomic E-state index is -0.539. The second-order valence-corrected chi connectivity index (χ2v) is 6.52. The number of ether oxygens (including phenoxy) is 2. The zero-order chi connectivity index (χ0) is 13.5. The van der Waals surface area contributed by atoms with Crippen molar-refractivity contribution in [3.05, 3.63) is 39.5 Å². The van der Waals surface area contributed by atoms with E-state index in [1.165, 1.54) is 14.7 Å². The summed E-state index contributed by atoms with van der Waals surface area (Å²) in [6.07, 6.45) is 1.27. The fourth-order valence-corrected chi connectivity index (χ4v) is 3.85. The number of hydrogen-bond donors (Lipinski definition) is 0. The van der Waals surface area contributed by atoms with Gasteiger partial charge in [-0.15, -0.1) is 0 Å². The molecule has 4 heteroatoms. The fraction of sp³-hybridized carbons (Fsp3) is 0.400. The lowest BCUT2D eigenvalue weighted by atomic mass is 9.73. The van der Waals surface area contributed by atoms with Crippen molar-refractivity contribution in [3.63, 3.8) is 0 Å². The van der Waals surface area contributed by atoms with Gasteiger partial charge >= 0.3 is 6.16 Å². The number of benzene rings is 1.